The number of carboxylic acids is 1. The van der Waals surface area contributed by atoms with Crippen molar-refractivity contribution in [2.24, 2.45) is 0 Å². The van der Waals surface area contributed by atoms with E-state index < -0.39 is 22.5 Å². The highest BCUT2D eigenvalue weighted by Crippen LogP contribution is 2.20. The lowest BCUT2D eigenvalue weighted by atomic mass is 10.2. The molecule has 0 saturated heterocycles. The Morgan fingerprint density at radius 3 is 2.61 bits per heavy atom. The van der Waals surface area contributed by atoms with Crippen LogP contribution in [-0.2, 0) is 14.8 Å². The molecule has 1 aromatic rings. The van der Waals surface area contributed by atoms with E-state index in [9.17, 15) is 13.2 Å². The second-order valence-electron chi connectivity index (χ2n) is 4.06. The van der Waals surface area contributed by atoms with Gasteiger partial charge in [0.05, 0.1) is 11.9 Å². The number of aryl methyl sites for hydroxylation is 1. The topological polar surface area (TPSA) is 103 Å². The van der Waals surface area contributed by atoms with E-state index in [0.717, 1.165) is 4.31 Å². The maximum Gasteiger partial charge on any atom is 0.318 e. The van der Waals surface area contributed by atoms with Gasteiger partial charge in [0.2, 0.25) is 10.0 Å². The van der Waals surface area contributed by atoms with E-state index in [4.69, 9.17) is 5.11 Å². The standard InChI is InChI=1S/C10H17N3O4S/c1-4-7(2)13(6-10(14)15)18(16,17)9-5-11-12-8(9)3/h5,7H,4,6H2,1-3H3,(H,11,12)(H,14,15). The Morgan fingerprint density at radius 1 is 1.61 bits per heavy atom. The Hall–Kier alpha value is -1.41. The second-order valence-corrected chi connectivity index (χ2v) is 5.92. The molecule has 1 aromatic heterocycles. The Morgan fingerprint density at radius 2 is 2.22 bits per heavy atom. The van der Waals surface area contributed by atoms with Gasteiger partial charge in [0.15, 0.2) is 0 Å². The molecule has 0 saturated carbocycles. The van der Waals surface area contributed by atoms with E-state index in [0.29, 0.717) is 12.1 Å². The summed E-state index contributed by atoms with van der Waals surface area (Å²) in [7, 11) is -3.84. The molecule has 0 aliphatic rings. The number of nitrogens with zero attached hydrogens (tertiary/aromatic N) is 2. The molecule has 0 radical (unpaired) electrons. The van der Waals surface area contributed by atoms with Crippen molar-refractivity contribution >= 4 is 16.0 Å². The van der Waals surface area contributed by atoms with Crippen LogP contribution in [0.1, 0.15) is 26.0 Å². The molecule has 1 unspecified atom stereocenters. The van der Waals surface area contributed by atoms with Gasteiger partial charge in [-0.25, -0.2) is 8.42 Å². The van der Waals surface area contributed by atoms with E-state index in [2.05, 4.69) is 10.2 Å². The van der Waals surface area contributed by atoms with Gasteiger partial charge in [-0.15, -0.1) is 0 Å². The zero-order chi connectivity index (χ0) is 13.9. The van der Waals surface area contributed by atoms with Crippen LogP contribution in [0.15, 0.2) is 11.1 Å². The summed E-state index contributed by atoms with van der Waals surface area (Å²) in [5.41, 5.74) is 0.397. The van der Waals surface area contributed by atoms with Crippen LogP contribution in [0.25, 0.3) is 0 Å². The highest BCUT2D eigenvalue weighted by Gasteiger charge is 2.32. The molecule has 1 atom stereocenters. The van der Waals surface area contributed by atoms with Crippen molar-refractivity contribution in [2.75, 3.05) is 6.54 Å². The number of hydrogen-bond acceptors (Lipinski definition) is 4. The molecule has 102 valence electrons. The summed E-state index contributed by atoms with van der Waals surface area (Å²) >= 11 is 0. The number of H-pyrrole nitrogens is 1. The van der Waals surface area contributed by atoms with E-state index >= 15 is 0 Å². The number of nitrogens with one attached hydrogen (secondary N) is 1. The fraction of sp³-hybridized carbons (Fsp3) is 0.600. The van der Waals surface area contributed by atoms with Crippen LogP contribution >= 0.6 is 0 Å². The number of sulfonamides is 1. The third kappa shape index (κ3) is 2.88. The van der Waals surface area contributed by atoms with Gasteiger partial charge < -0.3 is 5.11 Å². The van der Waals surface area contributed by atoms with Gasteiger partial charge in [-0.05, 0) is 20.3 Å². The second kappa shape index (κ2) is 5.49. The van der Waals surface area contributed by atoms with Crippen molar-refractivity contribution in [1.29, 1.82) is 0 Å². The average molecular weight is 275 g/mol. The first-order valence-corrected chi connectivity index (χ1v) is 6.98. The van der Waals surface area contributed by atoms with E-state index in [1.165, 1.54) is 6.20 Å². The summed E-state index contributed by atoms with van der Waals surface area (Å²) in [6.45, 7) is 4.50. The minimum absolute atomic E-state index is 0.0176. The summed E-state index contributed by atoms with van der Waals surface area (Å²) in [4.78, 5) is 10.8. The minimum Gasteiger partial charge on any atom is -0.480 e. The maximum atomic E-state index is 12.4. The normalized spacial score (nSPS) is 13.8. The quantitative estimate of drug-likeness (QED) is 0.791. The number of aromatic nitrogens is 2. The van der Waals surface area contributed by atoms with E-state index in [1.807, 2.05) is 0 Å². The third-order valence-corrected chi connectivity index (χ3v) is 4.82. The summed E-state index contributed by atoms with van der Waals surface area (Å²) in [5.74, 6) is -1.18. The van der Waals surface area contributed by atoms with Gasteiger partial charge in [-0.1, -0.05) is 6.92 Å². The van der Waals surface area contributed by atoms with Crippen molar-refractivity contribution in [3.05, 3.63) is 11.9 Å². The molecule has 8 heteroatoms. The zero-order valence-electron chi connectivity index (χ0n) is 10.5. The molecule has 0 amide bonds. The monoisotopic (exact) mass is 275 g/mol. The summed E-state index contributed by atoms with van der Waals surface area (Å²) < 4.78 is 25.7. The molecule has 1 heterocycles. The van der Waals surface area contributed by atoms with Crippen LogP contribution in [0.3, 0.4) is 0 Å². The van der Waals surface area contributed by atoms with Gasteiger partial charge in [-0.2, -0.15) is 9.40 Å². The Labute approximate surface area is 106 Å². The lowest BCUT2D eigenvalue weighted by molar-refractivity contribution is -0.137. The maximum absolute atomic E-state index is 12.4. The van der Waals surface area contributed by atoms with Crippen LogP contribution in [0, 0.1) is 6.92 Å². The predicted molar refractivity (Wildman–Crippen MR) is 64.6 cm³/mol. The smallest absolute Gasteiger partial charge is 0.318 e. The molecule has 0 fully saturated rings. The Bertz CT molecular complexity index is 523. The molecule has 0 bridgehead atoms. The molecule has 2 N–H and O–H groups in total. The number of aliphatic carboxylic acids is 1. The molecule has 0 aromatic carbocycles. The highest BCUT2D eigenvalue weighted by atomic mass is 32.2. The lowest BCUT2D eigenvalue weighted by Crippen LogP contribution is -2.41. The van der Waals surface area contributed by atoms with Crippen molar-refractivity contribution in [2.45, 2.75) is 38.1 Å². The first kappa shape index (κ1) is 14.7. The summed E-state index contributed by atoms with van der Waals surface area (Å²) in [6, 6.07) is -0.389. The number of carbonyl (C=O) groups is 1. The molecule has 18 heavy (non-hydrogen) atoms. The van der Waals surface area contributed by atoms with Gasteiger partial charge in [0.1, 0.15) is 11.4 Å². The predicted octanol–water partition coefficient (Wildman–Crippen LogP) is 0.592. The molecule has 0 spiro atoms. The lowest BCUT2D eigenvalue weighted by Gasteiger charge is -2.25. The molecule has 7 nitrogen and oxygen atoms in total. The van der Waals surface area contributed by atoms with Crippen molar-refractivity contribution < 1.29 is 18.3 Å². The van der Waals surface area contributed by atoms with Crippen LogP contribution < -0.4 is 0 Å². The van der Waals surface area contributed by atoms with Gasteiger partial charge in [-0.3, -0.25) is 9.89 Å². The number of rotatable bonds is 6. The number of hydrogen-bond donors (Lipinski definition) is 2. The molecular formula is C10H17N3O4S. The zero-order valence-corrected chi connectivity index (χ0v) is 11.4. The first-order chi connectivity index (χ1) is 8.30. The Balaban J connectivity index is 3.20. The number of carboxylic acid groups (broad SMARTS) is 1. The average Bonchev–Trinajstić information content (AvgIpc) is 2.71. The van der Waals surface area contributed by atoms with E-state index in [1.54, 1.807) is 20.8 Å². The highest BCUT2D eigenvalue weighted by molar-refractivity contribution is 7.89. The van der Waals surface area contributed by atoms with Crippen LogP contribution in [0.2, 0.25) is 0 Å². The van der Waals surface area contributed by atoms with Crippen LogP contribution in [-0.4, -0.2) is 46.6 Å². The van der Waals surface area contributed by atoms with Crippen LogP contribution in [0.4, 0.5) is 0 Å². The van der Waals surface area contributed by atoms with Crippen molar-refractivity contribution in [3.63, 3.8) is 0 Å². The fourth-order valence-electron chi connectivity index (χ4n) is 1.54. The van der Waals surface area contributed by atoms with Gasteiger partial charge >= 0.3 is 5.97 Å². The van der Waals surface area contributed by atoms with Gasteiger partial charge in [0, 0.05) is 6.04 Å². The number of aromatic amines is 1. The molecular weight excluding hydrogens is 258 g/mol. The van der Waals surface area contributed by atoms with Crippen molar-refractivity contribution in [3.8, 4) is 0 Å². The van der Waals surface area contributed by atoms with E-state index in [-0.39, 0.29) is 10.9 Å². The molecule has 0 aliphatic heterocycles. The molecule has 0 aliphatic carbocycles. The third-order valence-electron chi connectivity index (χ3n) is 2.74. The van der Waals surface area contributed by atoms with Crippen molar-refractivity contribution in [1.82, 2.24) is 14.5 Å². The SMILES string of the molecule is CCC(C)N(CC(=O)O)S(=O)(=O)c1cn[nH]c1C. The first-order valence-electron chi connectivity index (χ1n) is 5.54. The fourth-order valence-corrected chi connectivity index (χ4v) is 3.32. The summed E-state index contributed by atoms with van der Waals surface area (Å²) in [5, 5.41) is 15.0. The summed E-state index contributed by atoms with van der Waals surface area (Å²) in [6.07, 6.45) is 1.73. The Kier molecular flexibility index (Phi) is 4.47. The largest absolute Gasteiger partial charge is 0.480 e. The van der Waals surface area contributed by atoms with Gasteiger partial charge in [0.25, 0.3) is 0 Å². The molecule has 1 rings (SSSR count). The minimum atomic E-state index is -3.84. The van der Waals surface area contributed by atoms with Crippen LogP contribution in [0.5, 0.6) is 0 Å².